The monoisotopic (exact) mass is 453 g/mol. The van der Waals surface area contributed by atoms with E-state index < -0.39 is 5.91 Å². The fourth-order valence-corrected chi connectivity index (χ4v) is 3.54. The average Bonchev–Trinajstić information content (AvgIpc) is 2.92. The molecule has 0 aliphatic carbocycles. The highest BCUT2D eigenvalue weighted by Gasteiger charge is 2.18. The van der Waals surface area contributed by atoms with E-state index in [9.17, 15) is 9.59 Å². The van der Waals surface area contributed by atoms with Crippen LogP contribution in [0.1, 0.15) is 0 Å². The minimum Gasteiger partial charge on any atom is -0.486 e. The quantitative estimate of drug-likeness (QED) is 0.649. The summed E-state index contributed by atoms with van der Waals surface area (Å²) in [5.74, 6) is 0.592. The van der Waals surface area contributed by atoms with Gasteiger partial charge in [0.15, 0.2) is 17.1 Å². The lowest BCUT2D eigenvalue weighted by Crippen LogP contribution is -2.28. The van der Waals surface area contributed by atoms with Gasteiger partial charge in [-0.15, -0.1) is 0 Å². The molecule has 0 bridgehead atoms. The first kappa shape index (κ1) is 17.8. The van der Waals surface area contributed by atoms with Crippen LogP contribution in [0, 0.1) is 0 Å². The second-order valence-corrected chi connectivity index (χ2v) is 6.97. The molecule has 0 spiro atoms. The minimum absolute atomic E-state index is 0.228. The molecule has 1 aromatic carbocycles. The molecule has 3 heterocycles. The number of aryl methyl sites for hydroxylation is 1. The lowest BCUT2D eigenvalue weighted by molar-refractivity contribution is -0.116. The predicted octanol–water partition coefficient (Wildman–Crippen LogP) is 1.96. The lowest BCUT2D eigenvalue weighted by atomic mass is 10.2. The topological polar surface area (TPSA) is 100 Å². The van der Waals surface area contributed by atoms with Crippen molar-refractivity contribution in [1.29, 1.82) is 0 Å². The summed E-state index contributed by atoms with van der Waals surface area (Å²) in [7, 11) is 1.68. The van der Waals surface area contributed by atoms with Gasteiger partial charge in [0, 0.05) is 19.2 Å². The van der Waals surface area contributed by atoms with Crippen LogP contribution in [0.3, 0.4) is 0 Å². The number of benzene rings is 1. The fraction of sp³-hybridized carbons (Fsp3) is 0.250. The highest BCUT2D eigenvalue weighted by Crippen LogP contribution is 2.37. The summed E-state index contributed by atoms with van der Waals surface area (Å²) in [6.45, 7) is 0.633. The summed E-state index contributed by atoms with van der Waals surface area (Å²) in [5.41, 5.74) is 0.428. The van der Waals surface area contributed by atoms with Crippen LogP contribution < -0.4 is 20.3 Å². The number of anilines is 1. The molecular formula is C16H13BrClN5O4. The number of halogens is 2. The van der Waals surface area contributed by atoms with Crippen LogP contribution in [0.5, 0.6) is 11.5 Å². The van der Waals surface area contributed by atoms with Crippen LogP contribution in [0.25, 0.3) is 11.0 Å². The van der Waals surface area contributed by atoms with Crippen molar-refractivity contribution in [3.8, 4) is 11.5 Å². The maximum absolute atomic E-state index is 12.6. The molecule has 11 heteroatoms. The van der Waals surface area contributed by atoms with Gasteiger partial charge < -0.3 is 14.8 Å². The molecule has 140 valence electrons. The number of ether oxygens (including phenoxy) is 2. The molecule has 0 radical (unpaired) electrons. The zero-order valence-electron chi connectivity index (χ0n) is 14.0. The highest BCUT2D eigenvalue weighted by molar-refractivity contribution is 9.10. The SMILES string of the molecule is Cn1nc(Br)c2c(=O)n(CC(=O)Nc3cc4c(cc3Cl)OCCO4)cnc21. The van der Waals surface area contributed by atoms with Gasteiger partial charge in [0.2, 0.25) is 5.91 Å². The van der Waals surface area contributed by atoms with E-state index in [4.69, 9.17) is 21.1 Å². The Morgan fingerprint density at radius 2 is 2.04 bits per heavy atom. The van der Waals surface area contributed by atoms with E-state index in [1.54, 1.807) is 19.2 Å². The van der Waals surface area contributed by atoms with E-state index in [-0.39, 0.29) is 12.1 Å². The summed E-state index contributed by atoms with van der Waals surface area (Å²) >= 11 is 9.43. The molecule has 0 saturated heterocycles. The number of hydrogen-bond acceptors (Lipinski definition) is 6. The lowest BCUT2D eigenvalue weighted by Gasteiger charge is -2.20. The highest BCUT2D eigenvalue weighted by atomic mass is 79.9. The van der Waals surface area contributed by atoms with Crippen LogP contribution in [0.2, 0.25) is 5.02 Å². The Bertz CT molecular complexity index is 1130. The number of rotatable bonds is 3. The first-order chi connectivity index (χ1) is 12.9. The Kier molecular flexibility index (Phi) is 4.52. The Morgan fingerprint density at radius 1 is 1.33 bits per heavy atom. The van der Waals surface area contributed by atoms with Crippen LogP contribution in [0.4, 0.5) is 5.69 Å². The average molecular weight is 455 g/mol. The molecule has 0 atom stereocenters. The van der Waals surface area contributed by atoms with E-state index in [2.05, 4.69) is 31.3 Å². The largest absolute Gasteiger partial charge is 0.486 e. The van der Waals surface area contributed by atoms with E-state index in [0.717, 1.165) is 0 Å². The molecule has 1 aliphatic rings. The molecular weight excluding hydrogens is 442 g/mol. The predicted molar refractivity (Wildman–Crippen MR) is 102 cm³/mol. The molecule has 3 aromatic rings. The first-order valence-electron chi connectivity index (χ1n) is 7.90. The summed E-state index contributed by atoms with van der Waals surface area (Å²) in [6, 6.07) is 3.18. The molecule has 0 fully saturated rings. The number of fused-ring (bicyclic) bond motifs is 2. The Balaban J connectivity index is 1.58. The van der Waals surface area contributed by atoms with E-state index in [1.807, 2.05) is 0 Å². The van der Waals surface area contributed by atoms with E-state index in [0.29, 0.717) is 51.1 Å². The standard InChI is InChI=1S/C16H13BrClN5O4/c1-22-15-13(14(17)21-22)16(25)23(7-19-15)6-12(24)20-9-5-11-10(4-8(9)18)26-2-3-27-11/h4-5,7H,2-3,6H2,1H3,(H,20,24). The molecule has 1 aliphatic heterocycles. The molecule has 0 saturated carbocycles. The van der Waals surface area contributed by atoms with Crippen LogP contribution in [0.15, 0.2) is 27.9 Å². The van der Waals surface area contributed by atoms with Crippen molar-refractivity contribution < 1.29 is 14.3 Å². The Morgan fingerprint density at radius 3 is 2.78 bits per heavy atom. The van der Waals surface area contributed by atoms with Crippen molar-refractivity contribution in [1.82, 2.24) is 19.3 Å². The first-order valence-corrected chi connectivity index (χ1v) is 9.08. The van der Waals surface area contributed by atoms with Gasteiger partial charge in [-0.1, -0.05) is 11.6 Å². The van der Waals surface area contributed by atoms with Gasteiger partial charge in [-0.25, -0.2) is 9.67 Å². The van der Waals surface area contributed by atoms with Crippen molar-refractivity contribution in [2.45, 2.75) is 6.54 Å². The van der Waals surface area contributed by atoms with Crippen molar-refractivity contribution in [2.75, 3.05) is 18.5 Å². The number of amides is 1. The summed E-state index contributed by atoms with van der Waals surface area (Å²) in [6.07, 6.45) is 1.31. The van der Waals surface area contributed by atoms with Crippen LogP contribution in [-0.4, -0.2) is 38.5 Å². The van der Waals surface area contributed by atoms with Gasteiger partial charge in [0.1, 0.15) is 36.1 Å². The van der Waals surface area contributed by atoms with Crippen LogP contribution in [-0.2, 0) is 18.4 Å². The normalized spacial score (nSPS) is 13.0. The van der Waals surface area contributed by atoms with Crippen molar-refractivity contribution in [3.63, 3.8) is 0 Å². The van der Waals surface area contributed by atoms with Gasteiger partial charge in [0.25, 0.3) is 5.56 Å². The second kappa shape index (κ2) is 6.86. The number of hydrogen-bond donors (Lipinski definition) is 1. The fourth-order valence-electron chi connectivity index (χ4n) is 2.75. The van der Waals surface area contributed by atoms with Crippen molar-refractivity contribution in [3.05, 3.63) is 38.4 Å². The van der Waals surface area contributed by atoms with Gasteiger partial charge in [0.05, 0.1) is 10.7 Å². The van der Waals surface area contributed by atoms with Gasteiger partial charge >= 0.3 is 0 Å². The Hall–Kier alpha value is -2.59. The molecule has 9 nitrogen and oxygen atoms in total. The smallest absolute Gasteiger partial charge is 0.266 e. The second-order valence-electron chi connectivity index (χ2n) is 5.81. The third-order valence-electron chi connectivity index (χ3n) is 3.99. The van der Waals surface area contributed by atoms with Gasteiger partial charge in [-0.3, -0.25) is 14.2 Å². The number of aromatic nitrogens is 4. The van der Waals surface area contributed by atoms with E-state index >= 15 is 0 Å². The number of carbonyl (C=O) groups is 1. The minimum atomic E-state index is -0.433. The maximum atomic E-state index is 12.6. The third-order valence-corrected chi connectivity index (χ3v) is 4.86. The Labute approximate surface area is 166 Å². The number of nitrogens with one attached hydrogen (secondary N) is 1. The zero-order valence-corrected chi connectivity index (χ0v) is 16.4. The maximum Gasteiger partial charge on any atom is 0.266 e. The summed E-state index contributed by atoms with van der Waals surface area (Å²) in [4.78, 5) is 29.2. The van der Waals surface area contributed by atoms with E-state index in [1.165, 1.54) is 15.6 Å². The molecule has 4 rings (SSSR count). The van der Waals surface area contributed by atoms with Gasteiger partial charge in [-0.2, -0.15) is 5.10 Å². The summed E-state index contributed by atoms with van der Waals surface area (Å²) in [5, 5.41) is 7.40. The third kappa shape index (κ3) is 3.26. The summed E-state index contributed by atoms with van der Waals surface area (Å²) < 4.78 is 14.0. The number of carbonyl (C=O) groups excluding carboxylic acids is 1. The van der Waals surface area contributed by atoms with Crippen LogP contribution >= 0.6 is 27.5 Å². The van der Waals surface area contributed by atoms with Crippen molar-refractivity contribution >= 4 is 50.2 Å². The molecule has 27 heavy (non-hydrogen) atoms. The molecule has 1 N–H and O–H groups in total. The van der Waals surface area contributed by atoms with Crippen molar-refractivity contribution in [2.24, 2.45) is 7.05 Å². The molecule has 2 aromatic heterocycles. The number of nitrogens with zero attached hydrogens (tertiary/aromatic N) is 4. The molecule has 0 unspecified atom stereocenters. The van der Waals surface area contributed by atoms with Gasteiger partial charge in [-0.05, 0) is 15.9 Å². The zero-order chi connectivity index (χ0) is 19.1. The molecule has 1 amide bonds.